The van der Waals surface area contributed by atoms with E-state index in [1.165, 1.54) is 31.2 Å². The summed E-state index contributed by atoms with van der Waals surface area (Å²) in [4.78, 5) is 24.1. The molecule has 2 aromatic rings. The number of nitrogens with one attached hydrogen (secondary N) is 2. The Bertz CT molecular complexity index is 750. The van der Waals surface area contributed by atoms with Gasteiger partial charge in [0.25, 0.3) is 5.91 Å². The first-order valence-corrected chi connectivity index (χ1v) is 11.5. The molecule has 0 aliphatic rings. The SMILES string of the molecule is O=C(CCCCCCCCCc1ccccc1)N[C@H](CCc1ccccc1)C(=O)NO. The lowest BCUT2D eigenvalue weighted by molar-refractivity contribution is -0.134. The summed E-state index contributed by atoms with van der Waals surface area (Å²) >= 11 is 0. The van der Waals surface area contributed by atoms with Crippen LogP contribution in [0.1, 0.15) is 68.9 Å². The standard InChI is InChI=1S/C26H36N2O3/c29-25(27-24(26(30)28-31)21-20-23-17-11-7-12-18-23)19-13-5-3-1-2-4-8-14-22-15-9-6-10-16-22/h6-7,9-12,15-18,24,31H,1-5,8,13-14,19-21H2,(H,27,29)(H,28,30)/t24-/m1/s1. The fraction of sp³-hybridized carbons (Fsp3) is 0.462. The van der Waals surface area contributed by atoms with Crippen molar-refractivity contribution in [3.63, 3.8) is 0 Å². The van der Waals surface area contributed by atoms with Crippen LogP contribution in [-0.4, -0.2) is 23.1 Å². The molecule has 0 saturated heterocycles. The minimum Gasteiger partial charge on any atom is -0.344 e. The van der Waals surface area contributed by atoms with Crippen LogP contribution in [0, 0.1) is 0 Å². The molecule has 0 fully saturated rings. The highest BCUT2D eigenvalue weighted by Gasteiger charge is 2.19. The van der Waals surface area contributed by atoms with E-state index in [1.807, 2.05) is 30.3 Å². The van der Waals surface area contributed by atoms with Crippen LogP contribution in [0.15, 0.2) is 60.7 Å². The van der Waals surface area contributed by atoms with Crippen LogP contribution in [0.3, 0.4) is 0 Å². The number of hydrogen-bond acceptors (Lipinski definition) is 3. The number of rotatable bonds is 15. The number of carbonyl (C=O) groups excluding carboxylic acids is 2. The van der Waals surface area contributed by atoms with Crippen molar-refractivity contribution >= 4 is 11.8 Å². The van der Waals surface area contributed by atoms with E-state index in [-0.39, 0.29) is 5.91 Å². The summed E-state index contributed by atoms with van der Waals surface area (Å²) in [5, 5.41) is 11.7. The summed E-state index contributed by atoms with van der Waals surface area (Å²) < 4.78 is 0. The molecule has 1 atom stereocenters. The Balaban J connectivity index is 1.53. The number of unbranched alkanes of at least 4 members (excludes halogenated alkanes) is 6. The van der Waals surface area contributed by atoms with Crippen molar-refractivity contribution in [3.05, 3.63) is 71.8 Å². The average Bonchev–Trinajstić information content (AvgIpc) is 2.81. The Kier molecular flexibility index (Phi) is 12.1. The van der Waals surface area contributed by atoms with Crippen molar-refractivity contribution in [1.82, 2.24) is 10.8 Å². The number of amides is 2. The second-order valence-electron chi connectivity index (χ2n) is 8.08. The Hall–Kier alpha value is -2.66. The minimum atomic E-state index is -0.720. The maximum Gasteiger partial charge on any atom is 0.265 e. The largest absolute Gasteiger partial charge is 0.344 e. The Labute approximate surface area is 186 Å². The molecular formula is C26H36N2O3. The van der Waals surface area contributed by atoms with Crippen molar-refractivity contribution in [2.45, 2.75) is 76.7 Å². The summed E-state index contributed by atoms with van der Waals surface area (Å²) in [7, 11) is 0. The highest BCUT2D eigenvalue weighted by Crippen LogP contribution is 2.12. The van der Waals surface area contributed by atoms with Gasteiger partial charge in [-0.15, -0.1) is 0 Å². The molecule has 31 heavy (non-hydrogen) atoms. The summed E-state index contributed by atoms with van der Waals surface area (Å²) in [6.07, 6.45) is 10.5. The number of carbonyl (C=O) groups is 2. The quantitative estimate of drug-likeness (QED) is 0.214. The first kappa shape index (κ1) is 24.6. The maximum atomic E-state index is 12.2. The molecule has 2 aromatic carbocycles. The molecule has 0 aliphatic heterocycles. The van der Waals surface area contributed by atoms with E-state index in [4.69, 9.17) is 5.21 Å². The third-order valence-electron chi connectivity index (χ3n) is 5.54. The van der Waals surface area contributed by atoms with E-state index < -0.39 is 11.9 Å². The molecule has 3 N–H and O–H groups in total. The van der Waals surface area contributed by atoms with Gasteiger partial charge in [-0.25, -0.2) is 5.48 Å². The second-order valence-corrected chi connectivity index (χ2v) is 8.08. The second kappa shape index (κ2) is 15.2. The molecular weight excluding hydrogens is 388 g/mol. The van der Waals surface area contributed by atoms with Gasteiger partial charge in [-0.05, 0) is 43.2 Å². The third-order valence-corrected chi connectivity index (χ3v) is 5.54. The lowest BCUT2D eigenvalue weighted by Crippen LogP contribution is -2.46. The van der Waals surface area contributed by atoms with Gasteiger partial charge in [0.05, 0.1) is 0 Å². The topological polar surface area (TPSA) is 78.4 Å². The molecule has 0 saturated carbocycles. The van der Waals surface area contributed by atoms with Gasteiger partial charge >= 0.3 is 0 Å². The lowest BCUT2D eigenvalue weighted by atomic mass is 10.0. The zero-order valence-corrected chi connectivity index (χ0v) is 18.4. The highest BCUT2D eigenvalue weighted by atomic mass is 16.5. The zero-order chi connectivity index (χ0) is 22.2. The normalized spacial score (nSPS) is 11.6. The third kappa shape index (κ3) is 10.8. The zero-order valence-electron chi connectivity index (χ0n) is 18.4. The van der Waals surface area contributed by atoms with Gasteiger partial charge < -0.3 is 5.32 Å². The molecule has 0 unspecified atom stereocenters. The van der Waals surface area contributed by atoms with Crippen LogP contribution in [-0.2, 0) is 22.4 Å². The van der Waals surface area contributed by atoms with Gasteiger partial charge in [-0.2, -0.15) is 0 Å². The molecule has 0 spiro atoms. The predicted octanol–water partition coefficient (Wildman–Crippen LogP) is 4.97. The molecule has 5 nitrogen and oxygen atoms in total. The van der Waals surface area contributed by atoms with Crippen molar-refractivity contribution < 1.29 is 14.8 Å². The number of hydrogen-bond donors (Lipinski definition) is 3. The molecule has 5 heteroatoms. The highest BCUT2D eigenvalue weighted by molar-refractivity contribution is 5.86. The first-order valence-electron chi connectivity index (χ1n) is 11.5. The van der Waals surface area contributed by atoms with Crippen LogP contribution in [0.25, 0.3) is 0 Å². The van der Waals surface area contributed by atoms with Gasteiger partial charge in [0.15, 0.2) is 0 Å². The van der Waals surface area contributed by atoms with E-state index in [2.05, 4.69) is 35.6 Å². The van der Waals surface area contributed by atoms with E-state index in [1.54, 1.807) is 5.48 Å². The molecule has 2 amide bonds. The molecule has 0 heterocycles. The fourth-order valence-corrected chi connectivity index (χ4v) is 3.71. The van der Waals surface area contributed by atoms with E-state index in [0.29, 0.717) is 19.3 Å². The summed E-state index contributed by atoms with van der Waals surface area (Å²) in [6, 6.07) is 19.7. The fourth-order valence-electron chi connectivity index (χ4n) is 3.71. The van der Waals surface area contributed by atoms with Crippen molar-refractivity contribution in [2.24, 2.45) is 0 Å². The molecule has 0 aromatic heterocycles. The van der Waals surface area contributed by atoms with Crippen molar-refractivity contribution in [3.8, 4) is 0 Å². The molecule has 168 valence electrons. The Morgan fingerprint density at radius 1 is 0.710 bits per heavy atom. The molecule has 2 rings (SSSR count). The summed E-state index contributed by atoms with van der Waals surface area (Å²) in [5.41, 5.74) is 4.17. The van der Waals surface area contributed by atoms with Crippen LogP contribution >= 0.6 is 0 Å². The number of benzene rings is 2. The van der Waals surface area contributed by atoms with E-state index >= 15 is 0 Å². The van der Waals surface area contributed by atoms with Gasteiger partial charge in [-0.3, -0.25) is 14.8 Å². The van der Waals surface area contributed by atoms with Crippen LogP contribution < -0.4 is 10.8 Å². The molecule has 0 radical (unpaired) electrons. The number of hydroxylamine groups is 1. The minimum absolute atomic E-state index is 0.135. The van der Waals surface area contributed by atoms with Gasteiger partial charge in [0.2, 0.25) is 5.91 Å². The van der Waals surface area contributed by atoms with Crippen molar-refractivity contribution in [1.29, 1.82) is 0 Å². The van der Waals surface area contributed by atoms with Gasteiger partial charge in [0, 0.05) is 6.42 Å². The van der Waals surface area contributed by atoms with Crippen LogP contribution in [0.5, 0.6) is 0 Å². The molecule has 0 bridgehead atoms. The Morgan fingerprint density at radius 2 is 1.23 bits per heavy atom. The average molecular weight is 425 g/mol. The van der Waals surface area contributed by atoms with Gasteiger partial charge in [-0.1, -0.05) is 92.8 Å². The lowest BCUT2D eigenvalue weighted by Gasteiger charge is -2.16. The summed E-state index contributed by atoms with van der Waals surface area (Å²) in [6.45, 7) is 0. The Morgan fingerprint density at radius 3 is 1.81 bits per heavy atom. The summed E-state index contributed by atoms with van der Waals surface area (Å²) in [5.74, 6) is -0.704. The van der Waals surface area contributed by atoms with Crippen LogP contribution in [0.2, 0.25) is 0 Å². The smallest absolute Gasteiger partial charge is 0.265 e. The predicted molar refractivity (Wildman–Crippen MR) is 124 cm³/mol. The monoisotopic (exact) mass is 424 g/mol. The van der Waals surface area contributed by atoms with Crippen LogP contribution in [0.4, 0.5) is 0 Å². The van der Waals surface area contributed by atoms with Crippen molar-refractivity contribution in [2.75, 3.05) is 0 Å². The van der Waals surface area contributed by atoms with E-state index in [9.17, 15) is 9.59 Å². The maximum absolute atomic E-state index is 12.2. The first-order chi connectivity index (χ1) is 15.2. The number of aryl methyl sites for hydroxylation is 2. The molecule has 0 aliphatic carbocycles. The van der Waals surface area contributed by atoms with Gasteiger partial charge in [0.1, 0.15) is 6.04 Å². The van der Waals surface area contributed by atoms with E-state index in [0.717, 1.165) is 31.2 Å².